The molecule has 3 rings (SSSR count). The molecule has 2 heterocycles. The zero-order valence-corrected chi connectivity index (χ0v) is 19.8. The molecule has 12 heteroatoms. The molecule has 1 saturated heterocycles. The molecule has 0 saturated carbocycles. The lowest BCUT2D eigenvalue weighted by molar-refractivity contribution is -0.119. The van der Waals surface area contributed by atoms with E-state index >= 15 is 0 Å². The van der Waals surface area contributed by atoms with Crippen molar-refractivity contribution in [2.24, 2.45) is 5.73 Å². The molecule has 2 amide bonds. The van der Waals surface area contributed by atoms with Gasteiger partial charge in [0.1, 0.15) is 15.6 Å². The van der Waals surface area contributed by atoms with E-state index in [9.17, 15) is 22.8 Å². The van der Waals surface area contributed by atoms with Crippen LogP contribution in [0.15, 0.2) is 34.5 Å². The number of nitrogens with zero attached hydrogens (tertiary/aromatic N) is 1. The van der Waals surface area contributed by atoms with E-state index < -0.39 is 34.4 Å². The van der Waals surface area contributed by atoms with Gasteiger partial charge in [0.25, 0.3) is 11.8 Å². The molecular weight excluding hydrogens is 470 g/mol. The number of anilines is 1. The van der Waals surface area contributed by atoms with Crippen LogP contribution in [0.3, 0.4) is 0 Å². The van der Waals surface area contributed by atoms with Crippen molar-refractivity contribution in [2.75, 3.05) is 25.6 Å². The zero-order valence-electron chi connectivity index (χ0n) is 18.2. The highest BCUT2D eigenvalue weighted by Gasteiger charge is 2.33. The molecule has 1 aliphatic heterocycles. The number of nitrogens with two attached hydrogens (primary N) is 1. The van der Waals surface area contributed by atoms with Crippen molar-refractivity contribution in [3.8, 4) is 5.75 Å². The summed E-state index contributed by atoms with van der Waals surface area (Å²) in [5.41, 5.74) is 5.35. The number of nitrogens with one attached hydrogen (secondary N) is 1. The molecule has 0 aliphatic carbocycles. The molecule has 1 aliphatic rings. The third-order valence-corrected chi connectivity index (χ3v) is 8.11. The van der Waals surface area contributed by atoms with E-state index in [2.05, 4.69) is 5.32 Å². The van der Waals surface area contributed by atoms with Gasteiger partial charge in [-0.05, 0) is 49.4 Å². The molecule has 178 valence electrons. The van der Waals surface area contributed by atoms with Crippen LogP contribution < -0.4 is 15.8 Å². The van der Waals surface area contributed by atoms with Crippen LogP contribution in [0.25, 0.3) is 0 Å². The summed E-state index contributed by atoms with van der Waals surface area (Å²) < 4.78 is 38.2. The summed E-state index contributed by atoms with van der Waals surface area (Å²) in [6, 6.07) is 5.23. The van der Waals surface area contributed by atoms with Crippen molar-refractivity contribution in [2.45, 2.75) is 37.1 Å². The van der Waals surface area contributed by atoms with Gasteiger partial charge in [0.15, 0.2) is 6.61 Å². The van der Waals surface area contributed by atoms with Crippen molar-refractivity contribution in [3.63, 3.8) is 0 Å². The number of carbonyl (C=O) groups excluding carboxylic acids is 3. The Labute approximate surface area is 195 Å². The molecule has 0 radical (unpaired) electrons. The number of thiophene rings is 1. The van der Waals surface area contributed by atoms with Gasteiger partial charge in [0.2, 0.25) is 10.0 Å². The first-order valence-electron chi connectivity index (χ1n) is 10.2. The summed E-state index contributed by atoms with van der Waals surface area (Å²) in [6.07, 6.45) is 2.45. The first kappa shape index (κ1) is 24.7. The summed E-state index contributed by atoms with van der Waals surface area (Å²) in [5.74, 6) is -2.13. The Morgan fingerprint density at radius 3 is 2.67 bits per heavy atom. The number of hydrogen-bond donors (Lipinski definition) is 2. The van der Waals surface area contributed by atoms with Crippen LogP contribution in [-0.4, -0.2) is 56.8 Å². The van der Waals surface area contributed by atoms with Gasteiger partial charge in [-0.3, -0.25) is 9.59 Å². The minimum Gasteiger partial charge on any atom is -0.495 e. The maximum Gasteiger partial charge on any atom is 0.338 e. The van der Waals surface area contributed by atoms with Crippen LogP contribution in [0.4, 0.5) is 5.00 Å². The predicted octanol–water partition coefficient (Wildman–Crippen LogP) is 2.21. The first-order valence-corrected chi connectivity index (χ1v) is 12.5. The number of esters is 1. The van der Waals surface area contributed by atoms with Gasteiger partial charge >= 0.3 is 5.97 Å². The second-order valence-electron chi connectivity index (χ2n) is 7.48. The first-order chi connectivity index (χ1) is 15.6. The van der Waals surface area contributed by atoms with Crippen LogP contribution in [0, 0.1) is 0 Å². The lowest BCUT2D eigenvalue weighted by Gasteiger charge is -2.32. The van der Waals surface area contributed by atoms with Crippen molar-refractivity contribution >= 4 is 44.1 Å². The zero-order chi connectivity index (χ0) is 24.2. The third kappa shape index (κ3) is 5.52. The van der Waals surface area contributed by atoms with E-state index in [4.69, 9.17) is 15.2 Å². The average Bonchev–Trinajstić information content (AvgIpc) is 3.25. The highest BCUT2D eigenvalue weighted by atomic mass is 32.2. The minimum absolute atomic E-state index is 0.0409. The van der Waals surface area contributed by atoms with Gasteiger partial charge < -0.3 is 20.5 Å². The van der Waals surface area contributed by atoms with E-state index in [1.165, 1.54) is 35.7 Å². The summed E-state index contributed by atoms with van der Waals surface area (Å²) in [6.45, 7) is 1.60. The SMILES string of the molecule is COc1ccc(C(=O)OCC(=O)Nc2sccc2C(N)=O)cc1S(=O)(=O)N1CCCC[C@@H]1C. The van der Waals surface area contributed by atoms with E-state index in [1.54, 1.807) is 5.38 Å². The molecule has 3 N–H and O–H groups in total. The van der Waals surface area contributed by atoms with Gasteiger partial charge in [-0.2, -0.15) is 4.31 Å². The fraction of sp³-hybridized carbons (Fsp3) is 0.381. The van der Waals surface area contributed by atoms with Crippen LogP contribution in [-0.2, 0) is 19.6 Å². The summed E-state index contributed by atoms with van der Waals surface area (Å²) in [5, 5.41) is 4.29. The molecule has 10 nitrogen and oxygen atoms in total. The van der Waals surface area contributed by atoms with Gasteiger partial charge in [-0.25, -0.2) is 13.2 Å². The van der Waals surface area contributed by atoms with Crippen LogP contribution in [0.1, 0.15) is 46.9 Å². The molecule has 33 heavy (non-hydrogen) atoms. The Bertz CT molecular complexity index is 1160. The number of primary amides is 1. The van der Waals surface area contributed by atoms with Crippen LogP contribution in [0.2, 0.25) is 0 Å². The fourth-order valence-corrected chi connectivity index (χ4v) is 6.23. The summed E-state index contributed by atoms with van der Waals surface area (Å²) >= 11 is 1.10. The minimum atomic E-state index is -3.91. The number of methoxy groups -OCH3 is 1. The van der Waals surface area contributed by atoms with Crippen LogP contribution >= 0.6 is 11.3 Å². The van der Waals surface area contributed by atoms with Gasteiger partial charge in [-0.1, -0.05) is 6.42 Å². The molecule has 2 aromatic rings. The molecule has 0 unspecified atom stereocenters. The number of carbonyl (C=O) groups is 3. The average molecular weight is 496 g/mol. The summed E-state index contributed by atoms with van der Waals surface area (Å²) in [7, 11) is -2.56. The lowest BCUT2D eigenvalue weighted by Crippen LogP contribution is -2.42. The number of ether oxygens (including phenoxy) is 2. The van der Waals surface area contributed by atoms with E-state index in [1.807, 2.05) is 6.92 Å². The Balaban J connectivity index is 1.74. The largest absolute Gasteiger partial charge is 0.495 e. The number of amides is 2. The standard InChI is InChI=1S/C21H25N3O7S2/c1-13-5-3-4-9-24(13)33(28,29)17-11-14(6-7-16(17)30-2)21(27)31-12-18(25)23-20-15(19(22)26)8-10-32-20/h6-8,10-11,13H,3-5,9,12H2,1-2H3,(H2,22,26)(H,23,25)/t13-/m0/s1. The van der Waals surface area contributed by atoms with Gasteiger partial charge in [0, 0.05) is 12.6 Å². The Hall–Kier alpha value is -2.96. The number of piperidine rings is 1. The van der Waals surface area contributed by atoms with Crippen molar-refractivity contribution in [3.05, 3.63) is 40.8 Å². The number of benzene rings is 1. The molecule has 1 aromatic heterocycles. The molecule has 1 aromatic carbocycles. The van der Waals surface area contributed by atoms with Crippen molar-refractivity contribution < 1.29 is 32.3 Å². The second kappa shape index (κ2) is 10.3. The Morgan fingerprint density at radius 2 is 2.00 bits per heavy atom. The molecule has 0 spiro atoms. The van der Waals surface area contributed by atoms with Crippen molar-refractivity contribution in [1.82, 2.24) is 4.31 Å². The van der Waals surface area contributed by atoms with Crippen molar-refractivity contribution in [1.29, 1.82) is 0 Å². The Morgan fingerprint density at radius 1 is 1.24 bits per heavy atom. The van der Waals surface area contributed by atoms with Gasteiger partial charge in [0.05, 0.1) is 18.2 Å². The number of hydrogen-bond acceptors (Lipinski definition) is 8. The van der Waals surface area contributed by atoms with E-state index in [0.29, 0.717) is 6.54 Å². The topological polar surface area (TPSA) is 145 Å². The maximum atomic E-state index is 13.3. The maximum absolute atomic E-state index is 13.3. The second-order valence-corrected chi connectivity index (χ2v) is 10.3. The highest BCUT2D eigenvalue weighted by Crippen LogP contribution is 2.32. The smallest absolute Gasteiger partial charge is 0.338 e. The molecule has 1 atom stereocenters. The lowest BCUT2D eigenvalue weighted by atomic mass is 10.1. The number of sulfonamides is 1. The molecular formula is C21H25N3O7S2. The third-order valence-electron chi connectivity index (χ3n) is 5.25. The molecule has 0 bridgehead atoms. The van der Waals surface area contributed by atoms with Crippen LogP contribution in [0.5, 0.6) is 5.75 Å². The fourth-order valence-electron chi connectivity index (χ4n) is 3.54. The quantitative estimate of drug-likeness (QED) is 0.534. The Kier molecular flexibility index (Phi) is 7.72. The summed E-state index contributed by atoms with van der Waals surface area (Å²) in [4.78, 5) is 35.9. The molecule has 1 fully saturated rings. The van der Waals surface area contributed by atoms with Gasteiger partial charge in [-0.15, -0.1) is 11.3 Å². The van der Waals surface area contributed by atoms with E-state index in [-0.39, 0.29) is 32.8 Å². The normalized spacial score (nSPS) is 16.7. The number of rotatable bonds is 8. The monoisotopic (exact) mass is 495 g/mol. The highest BCUT2D eigenvalue weighted by molar-refractivity contribution is 7.89. The van der Waals surface area contributed by atoms with E-state index in [0.717, 1.165) is 30.6 Å². The predicted molar refractivity (Wildman–Crippen MR) is 122 cm³/mol.